The van der Waals surface area contributed by atoms with Crippen molar-refractivity contribution in [3.05, 3.63) is 35.4 Å². The molecule has 7 nitrogen and oxygen atoms in total. The van der Waals surface area contributed by atoms with E-state index in [9.17, 15) is 14.9 Å². The summed E-state index contributed by atoms with van der Waals surface area (Å²) in [6.45, 7) is 5.13. The number of benzene rings is 1. The Morgan fingerprint density at radius 1 is 1.11 bits per heavy atom. The Labute approximate surface area is 214 Å². The average Bonchev–Trinajstić information content (AvgIpc) is 2.87. The van der Waals surface area contributed by atoms with Gasteiger partial charge in [0, 0.05) is 18.7 Å². The van der Waals surface area contributed by atoms with Gasteiger partial charge < -0.3 is 20.1 Å². The fraction of sp³-hybridized carbons (Fsp3) is 0.621. The Hall–Kier alpha value is -3.01. The molecule has 2 amide bonds. The summed E-state index contributed by atoms with van der Waals surface area (Å²) in [7, 11) is 1.48. The van der Waals surface area contributed by atoms with E-state index in [1.165, 1.54) is 13.5 Å². The van der Waals surface area contributed by atoms with Gasteiger partial charge in [0.05, 0.1) is 30.3 Å². The predicted octanol–water partition coefficient (Wildman–Crippen LogP) is 4.90. The fourth-order valence-electron chi connectivity index (χ4n) is 5.52. The first-order chi connectivity index (χ1) is 17.3. The first-order valence-corrected chi connectivity index (χ1v) is 13.3. The van der Waals surface area contributed by atoms with Crippen LogP contribution >= 0.6 is 0 Å². The molecule has 0 spiro atoms. The largest absolute Gasteiger partial charge is 0.496 e. The topological polar surface area (TPSA) is 100 Å². The van der Waals surface area contributed by atoms with Gasteiger partial charge in [0.25, 0.3) is 5.91 Å². The van der Waals surface area contributed by atoms with Gasteiger partial charge in [-0.3, -0.25) is 9.59 Å². The van der Waals surface area contributed by atoms with Crippen LogP contribution in [-0.4, -0.2) is 37.6 Å². The van der Waals surface area contributed by atoms with E-state index in [1.54, 1.807) is 12.1 Å². The number of nitrogens with zero attached hydrogens (tertiary/aromatic N) is 1. The van der Waals surface area contributed by atoms with E-state index >= 15 is 0 Å². The summed E-state index contributed by atoms with van der Waals surface area (Å²) in [5.41, 5.74) is 0.859. The Kier molecular flexibility index (Phi) is 8.23. The van der Waals surface area contributed by atoms with Crippen molar-refractivity contribution in [2.24, 2.45) is 17.3 Å². The smallest absolute Gasteiger partial charge is 0.255 e. The van der Waals surface area contributed by atoms with Gasteiger partial charge in [-0.2, -0.15) is 5.26 Å². The lowest BCUT2D eigenvalue weighted by Gasteiger charge is -2.39. The summed E-state index contributed by atoms with van der Waals surface area (Å²) in [6.07, 6.45) is 12.8. The number of nitrogens with one attached hydrogen (secondary N) is 2. The molecule has 1 aromatic rings. The van der Waals surface area contributed by atoms with Gasteiger partial charge in [0.15, 0.2) is 0 Å². The van der Waals surface area contributed by atoms with E-state index in [-0.39, 0.29) is 35.3 Å². The molecule has 2 fully saturated rings. The molecule has 2 atom stereocenters. The highest BCUT2D eigenvalue weighted by Crippen LogP contribution is 2.39. The van der Waals surface area contributed by atoms with Crippen molar-refractivity contribution in [2.75, 3.05) is 13.7 Å². The molecule has 1 aromatic carbocycles. The number of allylic oxidation sites excluding steroid dienone is 1. The zero-order valence-electron chi connectivity index (χ0n) is 21.8. The lowest BCUT2D eigenvalue weighted by Crippen LogP contribution is -2.49. The minimum absolute atomic E-state index is 0.0138. The molecule has 36 heavy (non-hydrogen) atoms. The van der Waals surface area contributed by atoms with Crippen LogP contribution in [0.5, 0.6) is 11.5 Å². The number of hydrogen-bond acceptors (Lipinski definition) is 5. The lowest BCUT2D eigenvalue weighted by molar-refractivity contribution is -0.126. The van der Waals surface area contributed by atoms with Gasteiger partial charge in [-0.1, -0.05) is 32.4 Å². The van der Waals surface area contributed by atoms with Crippen molar-refractivity contribution in [2.45, 2.75) is 83.8 Å². The predicted molar refractivity (Wildman–Crippen MR) is 138 cm³/mol. The fourth-order valence-corrected chi connectivity index (χ4v) is 5.52. The van der Waals surface area contributed by atoms with E-state index in [0.717, 1.165) is 38.5 Å². The van der Waals surface area contributed by atoms with Crippen LogP contribution in [0.25, 0.3) is 0 Å². The third-order valence-electron chi connectivity index (χ3n) is 8.26. The molecule has 0 aromatic heterocycles. The number of methoxy groups -OCH3 is 1. The molecular formula is C29H39N3O4. The third-order valence-corrected chi connectivity index (χ3v) is 8.26. The maximum Gasteiger partial charge on any atom is 0.255 e. The highest BCUT2D eigenvalue weighted by molar-refractivity contribution is 5.98. The first-order valence-electron chi connectivity index (χ1n) is 13.3. The summed E-state index contributed by atoms with van der Waals surface area (Å²) < 4.78 is 11.7. The third kappa shape index (κ3) is 6.03. The number of carbonyl (C=O) groups excluding carboxylic acids is 2. The molecule has 0 heterocycles. The van der Waals surface area contributed by atoms with Crippen LogP contribution in [-0.2, 0) is 4.79 Å². The van der Waals surface area contributed by atoms with E-state index in [2.05, 4.69) is 30.6 Å². The van der Waals surface area contributed by atoms with Crippen molar-refractivity contribution in [1.29, 1.82) is 5.26 Å². The Bertz CT molecular complexity index is 1030. The minimum atomic E-state index is -0.331. The summed E-state index contributed by atoms with van der Waals surface area (Å²) in [5, 5.41) is 15.9. The van der Waals surface area contributed by atoms with E-state index < -0.39 is 0 Å². The SMILES string of the molecule is COc1cc(C#N)c(OC2CCC(C)CC2)cc1C(=O)NC1CC=CCC1C(=O)NCC1(C)CCC1. The molecule has 0 saturated heterocycles. The number of rotatable bonds is 8. The molecular weight excluding hydrogens is 454 g/mol. The van der Waals surface area contributed by atoms with Gasteiger partial charge in [0.2, 0.25) is 5.91 Å². The number of carbonyl (C=O) groups is 2. The van der Waals surface area contributed by atoms with Crippen molar-refractivity contribution >= 4 is 11.8 Å². The van der Waals surface area contributed by atoms with Gasteiger partial charge in [-0.15, -0.1) is 0 Å². The lowest BCUT2D eigenvalue weighted by atomic mass is 9.70. The average molecular weight is 494 g/mol. The number of ether oxygens (including phenoxy) is 2. The van der Waals surface area contributed by atoms with Crippen LogP contribution in [0.4, 0.5) is 0 Å². The molecule has 194 valence electrons. The highest BCUT2D eigenvalue weighted by atomic mass is 16.5. The molecule has 0 aliphatic heterocycles. The first kappa shape index (κ1) is 26.1. The van der Waals surface area contributed by atoms with Crippen LogP contribution < -0.4 is 20.1 Å². The van der Waals surface area contributed by atoms with Crippen molar-refractivity contribution in [3.8, 4) is 17.6 Å². The molecule has 0 bridgehead atoms. The maximum absolute atomic E-state index is 13.4. The molecule has 2 saturated carbocycles. The number of hydrogen-bond donors (Lipinski definition) is 2. The molecule has 3 aliphatic rings. The second kappa shape index (κ2) is 11.4. The van der Waals surface area contributed by atoms with Gasteiger partial charge in [-0.25, -0.2) is 0 Å². The quantitative estimate of drug-likeness (QED) is 0.502. The minimum Gasteiger partial charge on any atom is -0.496 e. The molecule has 0 radical (unpaired) electrons. The van der Waals surface area contributed by atoms with Crippen molar-refractivity contribution in [1.82, 2.24) is 10.6 Å². The molecule has 4 rings (SSSR count). The Morgan fingerprint density at radius 2 is 1.83 bits per heavy atom. The van der Waals surface area contributed by atoms with Crippen LogP contribution in [0, 0.1) is 28.6 Å². The molecule has 7 heteroatoms. The summed E-state index contributed by atoms with van der Waals surface area (Å²) in [6, 6.07) is 5.05. The summed E-state index contributed by atoms with van der Waals surface area (Å²) >= 11 is 0. The van der Waals surface area contributed by atoms with Crippen LogP contribution in [0.2, 0.25) is 0 Å². The van der Waals surface area contributed by atoms with Gasteiger partial charge in [0.1, 0.15) is 17.6 Å². The van der Waals surface area contributed by atoms with Crippen LogP contribution in [0.1, 0.15) is 87.6 Å². The number of amides is 2. The monoisotopic (exact) mass is 493 g/mol. The summed E-state index contributed by atoms with van der Waals surface area (Å²) in [4.78, 5) is 26.5. The summed E-state index contributed by atoms with van der Waals surface area (Å²) in [5.74, 6) is 0.742. The van der Waals surface area contributed by atoms with Crippen molar-refractivity contribution < 1.29 is 19.1 Å². The molecule has 2 N–H and O–H groups in total. The van der Waals surface area contributed by atoms with Crippen LogP contribution in [0.3, 0.4) is 0 Å². The molecule has 2 unspecified atom stereocenters. The zero-order valence-corrected chi connectivity index (χ0v) is 21.8. The van der Waals surface area contributed by atoms with Crippen LogP contribution in [0.15, 0.2) is 24.3 Å². The zero-order chi connectivity index (χ0) is 25.7. The molecule has 3 aliphatic carbocycles. The Morgan fingerprint density at radius 3 is 2.47 bits per heavy atom. The standard InChI is InChI=1S/C29H39N3O4/c1-19-9-11-21(12-10-19)36-25-16-23(26(35-3)15-20(25)17-30)28(34)32-24-8-5-4-7-22(24)27(33)31-18-29(2)13-6-14-29/h4-5,15-16,19,21-22,24H,6-14,18H2,1-3H3,(H,31,33)(H,32,34). The Balaban J connectivity index is 1.48. The van der Waals surface area contributed by atoms with Gasteiger partial charge in [-0.05, 0) is 68.8 Å². The highest BCUT2D eigenvalue weighted by Gasteiger charge is 2.35. The van der Waals surface area contributed by atoms with E-state index in [4.69, 9.17) is 9.47 Å². The number of nitriles is 1. The van der Waals surface area contributed by atoms with Crippen molar-refractivity contribution in [3.63, 3.8) is 0 Å². The second-order valence-corrected chi connectivity index (χ2v) is 11.2. The van der Waals surface area contributed by atoms with Gasteiger partial charge >= 0.3 is 0 Å². The normalized spacial score (nSPS) is 26.7. The maximum atomic E-state index is 13.4. The second-order valence-electron chi connectivity index (χ2n) is 11.2. The van der Waals surface area contributed by atoms with E-state index in [0.29, 0.717) is 47.9 Å². The van der Waals surface area contributed by atoms with E-state index in [1.807, 2.05) is 12.2 Å².